The van der Waals surface area contributed by atoms with Crippen molar-refractivity contribution in [2.24, 2.45) is 5.92 Å². The van der Waals surface area contributed by atoms with Gasteiger partial charge in [0.05, 0.1) is 0 Å². The molecule has 1 aliphatic rings. The molecule has 3 N–H and O–H groups in total. The maximum Gasteiger partial charge on any atom is 1.00 e. The van der Waals surface area contributed by atoms with E-state index < -0.39 is 35.9 Å². The first-order valence-corrected chi connectivity index (χ1v) is 9.36. The zero-order valence-corrected chi connectivity index (χ0v) is 19.3. The number of carbonyl (C=O) groups is 4. The van der Waals surface area contributed by atoms with Gasteiger partial charge in [-0.2, -0.15) is 0 Å². The summed E-state index contributed by atoms with van der Waals surface area (Å²) in [4.78, 5) is 49.0. The molecule has 0 spiro atoms. The van der Waals surface area contributed by atoms with Crippen LogP contribution in [-0.2, 0) is 25.6 Å². The molecule has 154 valence electrons. The molecule has 0 radical (unpaired) electrons. The van der Waals surface area contributed by atoms with Gasteiger partial charge >= 0.3 is 35.5 Å². The van der Waals surface area contributed by atoms with Gasteiger partial charge in [-0.15, -0.1) is 0 Å². The van der Waals surface area contributed by atoms with Crippen LogP contribution in [0.3, 0.4) is 0 Å². The van der Waals surface area contributed by atoms with Gasteiger partial charge in [-0.05, 0) is 17.9 Å². The van der Waals surface area contributed by atoms with Gasteiger partial charge in [0.15, 0.2) is 6.04 Å². The zero-order chi connectivity index (χ0) is 20.8. The summed E-state index contributed by atoms with van der Waals surface area (Å²) in [6.07, 6.45) is 1.07. The van der Waals surface area contributed by atoms with Gasteiger partial charge in [0.1, 0.15) is 12.1 Å². The third kappa shape index (κ3) is 7.13. The van der Waals surface area contributed by atoms with E-state index in [1.165, 1.54) is 6.92 Å². The summed E-state index contributed by atoms with van der Waals surface area (Å²) in [5.74, 6) is -2.28. The Hall–Kier alpha value is -1.90. The summed E-state index contributed by atoms with van der Waals surface area (Å²) in [5, 5.41) is 14.6. The second-order valence-electron chi connectivity index (χ2n) is 7.38. The van der Waals surface area contributed by atoms with Gasteiger partial charge in [0.2, 0.25) is 17.7 Å². The molecule has 1 aromatic carbocycles. The van der Waals surface area contributed by atoms with E-state index in [9.17, 15) is 24.3 Å². The summed E-state index contributed by atoms with van der Waals surface area (Å²) in [6, 6.07) is 6.10. The molecular weight excluding hydrogens is 385 g/mol. The largest absolute Gasteiger partial charge is 1.00 e. The predicted molar refractivity (Wildman–Crippen MR) is 103 cm³/mol. The van der Waals surface area contributed by atoms with E-state index in [4.69, 9.17) is 0 Å². The molecule has 0 aliphatic carbocycles. The van der Waals surface area contributed by atoms with Crippen LogP contribution >= 0.6 is 0 Å². The Balaban J connectivity index is 0.00000420. The van der Waals surface area contributed by atoms with Gasteiger partial charge in [-0.3, -0.25) is 14.4 Å². The van der Waals surface area contributed by atoms with E-state index >= 15 is 0 Å². The van der Waals surface area contributed by atoms with Crippen molar-refractivity contribution in [3.05, 3.63) is 35.9 Å². The minimum Gasteiger partial charge on any atom is -1.00 e. The number of nitrogens with zero attached hydrogens (tertiary/aromatic N) is 1. The summed E-state index contributed by atoms with van der Waals surface area (Å²) in [6.45, 7) is 5.79. The third-order valence-corrected chi connectivity index (χ3v) is 4.63. The van der Waals surface area contributed by atoms with Crippen LogP contribution in [0, 0.1) is 5.92 Å². The van der Waals surface area contributed by atoms with E-state index in [-0.39, 0.29) is 43.3 Å². The van der Waals surface area contributed by atoms with Crippen LogP contribution < -0.4 is 40.2 Å². The standard InChI is InChI=1S/C20H27N3O5.Na.H/c1-12(2)9-10-21-18(25)15(11-14-7-5-4-6-8-14)22-19(26)16-17(20(27)28)23(16)13(3)24;;/h4-8,12,15-17H,9-11H2,1-3H3,(H,21,25)(H,22,26)(H,27,28);;/q;+1;-1/t15-,16-,17-,23?;;/m0../s1. The molecule has 1 saturated heterocycles. The van der Waals surface area contributed by atoms with Crippen LogP contribution in [0.5, 0.6) is 0 Å². The number of carbonyl (C=O) groups excluding carboxylic acids is 3. The molecule has 0 bridgehead atoms. The average Bonchev–Trinajstić information content (AvgIpc) is 3.38. The van der Waals surface area contributed by atoms with Crippen LogP contribution in [0.15, 0.2) is 30.3 Å². The number of benzene rings is 1. The third-order valence-electron chi connectivity index (χ3n) is 4.63. The summed E-state index contributed by atoms with van der Waals surface area (Å²) < 4.78 is 0. The molecule has 0 unspecified atom stereocenters. The normalized spacial score (nSPS) is 18.4. The van der Waals surface area contributed by atoms with Crippen LogP contribution in [0.1, 0.15) is 34.2 Å². The van der Waals surface area contributed by atoms with Crippen molar-refractivity contribution in [3.63, 3.8) is 0 Å². The van der Waals surface area contributed by atoms with E-state index in [1.54, 1.807) is 0 Å². The number of hydrogen-bond donors (Lipinski definition) is 3. The zero-order valence-electron chi connectivity index (χ0n) is 18.3. The van der Waals surface area contributed by atoms with E-state index in [2.05, 4.69) is 10.6 Å². The molecular formula is C20H28N3NaO5. The smallest absolute Gasteiger partial charge is 1.00 e. The first-order chi connectivity index (χ1) is 13.2. The first kappa shape index (κ1) is 25.1. The summed E-state index contributed by atoms with van der Waals surface area (Å²) >= 11 is 0. The fourth-order valence-electron chi connectivity index (χ4n) is 3.07. The number of rotatable bonds is 9. The van der Waals surface area contributed by atoms with Crippen LogP contribution in [0.4, 0.5) is 0 Å². The Kier molecular flexibility index (Phi) is 9.82. The monoisotopic (exact) mass is 413 g/mol. The molecule has 1 aliphatic heterocycles. The minimum atomic E-state index is -1.24. The molecule has 29 heavy (non-hydrogen) atoms. The molecule has 3 atom stereocenters. The summed E-state index contributed by atoms with van der Waals surface area (Å²) in [7, 11) is 0. The molecule has 0 aromatic heterocycles. The van der Waals surface area contributed by atoms with Crippen molar-refractivity contribution in [2.75, 3.05) is 6.54 Å². The molecule has 0 saturated carbocycles. The van der Waals surface area contributed by atoms with Crippen LogP contribution in [-0.4, -0.2) is 58.4 Å². The van der Waals surface area contributed by atoms with E-state index in [1.807, 2.05) is 44.2 Å². The predicted octanol–water partition coefficient (Wildman–Crippen LogP) is -2.32. The Morgan fingerprint density at radius 2 is 1.76 bits per heavy atom. The first-order valence-electron chi connectivity index (χ1n) is 9.36. The number of hydrogen-bond acceptors (Lipinski definition) is 4. The number of carboxylic acid groups (broad SMARTS) is 1. The Morgan fingerprint density at radius 3 is 2.24 bits per heavy atom. The van der Waals surface area contributed by atoms with Crippen molar-refractivity contribution in [2.45, 2.75) is 51.7 Å². The van der Waals surface area contributed by atoms with Gasteiger partial charge < -0.3 is 22.1 Å². The van der Waals surface area contributed by atoms with E-state index in [0.29, 0.717) is 12.5 Å². The molecule has 1 fully saturated rings. The average molecular weight is 413 g/mol. The topological polar surface area (TPSA) is 116 Å². The van der Waals surface area contributed by atoms with Gasteiger partial charge in [0, 0.05) is 19.9 Å². The van der Waals surface area contributed by atoms with Gasteiger partial charge in [-0.1, -0.05) is 44.2 Å². The number of nitrogens with one attached hydrogen (secondary N) is 2. The Morgan fingerprint density at radius 1 is 1.14 bits per heavy atom. The fourth-order valence-corrected chi connectivity index (χ4v) is 3.07. The van der Waals surface area contributed by atoms with Gasteiger partial charge in [-0.25, -0.2) is 4.79 Å². The van der Waals surface area contributed by atoms with Gasteiger partial charge in [0.25, 0.3) is 0 Å². The minimum absolute atomic E-state index is 0. The second-order valence-corrected chi connectivity index (χ2v) is 7.38. The fraction of sp³-hybridized carbons (Fsp3) is 0.500. The maximum absolute atomic E-state index is 12.6. The second kappa shape index (κ2) is 11.3. The Bertz CT molecular complexity index is 727. The molecule has 2 rings (SSSR count). The molecule has 3 amide bonds. The van der Waals surface area contributed by atoms with E-state index in [0.717, 1.165) is 16.9 Å². The van der Waals surface area contributed by atoms with Crippen molar-refractivity contribution >= 4 is 23.7 Å². The van der Waals surface area contributed by atoms with Crippen LogP contribution in [0.25, 0.3) is 0 Å². The quantitative estimate of drug-likeness (QED) is 0.311. The SMILES string of the molecule is CC(=O)N1[C@H](C(=O)O)[C@H]1C(=O)N[C@@H](Cc1ccccc1)C(=O)NCCC(C)C.[H-].[Na+]. The number of amides is 3. The van der Waals surface area contributed by atoms with Crippen LogP contribution in [0.2, 0.25) is 0 Å². The van der Waals surface area contributed by atoms with Crippen molar-refractivity contribution in [1.82, 2.24) is 15.5 Å². The molecule has 1 aromatic rings. The Labute approximate surface area is 194 Å². The molecule has 9 heteroatoms. The van der Waals surface area contributed by atoms with Crippen molar-refractivity contribution < 1.29 is 55.3 Å². The maximum atomic E-state index is 12.6. The molecule has 8 nitrogen and oxygen atoms in total. The number of carboxylic acids is 1. The van der Waals surface area contributed by atoms with Crippen molar-refractivity contribution in [3.8, 4) is 0 Å². The summed E-state index contributed by atoms with van der Waals surface area (Å²) in [5.41, 5.74) is 0.862. The van der Waals surface area contributed by atoms with Crippen molar-refractivity contribution in [1.29, 1.82) is 0 Å². The number of aliphatic carboxylic acids is 1. The molecule has 1 heterocycles.